The van der Waals surface area contributed by atoms with Crippen LogP contribution in [0.15, 0.2) is 30.3 Å². The highest BCUT2D eigenvalue weighted by atomic mass is 32.1. The number of methoxy groups -OCH3 is 1. The molecule has 0 saturated carbocycles. The number of nitrogens with one attached hydrogen (secondary N) is 1. The first-order chi connectivity index (χ1) is 13.1. The van der Waals surface area contributed by atoms with E-state index in [2.05, 4.69) is 10.3 Å². The summed E-state index contributed by atoms with van der Waals surface area (Å²) in [4.78, 5) is 29.9. The van der Waals surface area contributed by atoms with Crippen LogP contribution in [0, 0.1) is 0 Å². The molecule has 0 bridgehead atoms. The van der Waals surface area contributed by atoms with Crippen molar-refractivity contribution < 1.29 is 19.1 Å². The molecule has 0 unspecified atom stereocenters. The molecule has 2 rings (SSSR count). The highest BCUT2D eigenvalue weighted by Gasteiger charge is 2.27. The molecule has 0 spiro atoms. The molecule has 2 aromatic rings. The molecule has 0 aliphatic rings. The second-order valence-corrected chi connectivity index (χ2v) is 8.86. The Morgan fingerprint density at radius 1 is 1.18 bits per heavy atom. The van der Waals surface area contributed by atoms with E-state index >= 15 is 0 Å². The van der Waals surface area contributed by atoms with Crippen LogP contribution in [0.2, 0.25) is 0 Å². The zero-order valence-electron chi connectivity index (χ0n) is 17.2. The predicted octanol–water partition coefficient (Wildman–Crippen LogP) is 4.86. The maximum Gasteiger partial charge on any atom is 0.408 e. The van der Waals surface area contributed by atoms with Crippen LogP contribution in [-0.2, 0) is 15.9 Å². The van der Waals surface area contributed by atoms with Gasteiger partial charge in [0.25, 0.3) is 0 Å². The average Bonchev–Trinajstić information content (AvgIpc) is 3.05. The van der Waals surface area contributed by atoms with Gasteiger partial charge in [0.05, 0.1) is 13.2 Å². The van der Waals surface area contributed by atoms with Gasteiger partial charge in [-0.1, -0.05) is 44.2 Å². The van der Waals surface area contributed by atoms with Crippen LogP contribution in [0.1, 0.15) is 72.5 Å². The van der Waals surface area contributed by atoms with E-state index in [1.165, 1.54) is 18.4 Å². The fourth-order valence-electron chi connectivity index (χ4n) is 2.63. The third kappa shape index (κ3) is 6.05. The van der Waals surface area contributed by atoms with Crippen LogP contribution in [0.4, 0.5) is 4.79 Å². The highest BCUT2D eigenvalue weighted by Crippen LogP contribution is 2.32. The minimum absolute atomic E-state index is 0.110. The number of carbonyl (C=O) groups excluding carboxylic acids is 2. The number of thiazole rings is 1. The van der Waals surface area contributed by atoms with Gasteiger partial charge in [0.2, 0.25) is 0 Å². The summed E-state index contributed by atoms with van der Waals surface area (Å²) < 4.78 is 10.3. The molecule has 7 heteroatoms. The van der Waals surface area contributed by atoms with Gasteiger partial charge in [0.1, 0.15) is 10.6 Å². The first kappa shape index (κ1) is 21.9. The molecule has 28 heavy (non-hydrogen) atoms. The number of alkyl carbamates (subject to hydrolysis) is 1. The first-order valence-electron chi connectivity index (χ1n) is 9.23. The van der Waals surface area contributed by atoms with Crippen molar-refractivity contribution in [2.24, 2.45) is 0 Å². The Labute approximate surface area is 170 Å². The Morgan fingerprint density at radius 2 is 1.82 bits per heavy atom. The highest BCUT2D eigenvalue weighted by molar-refractivity contribution is 7.12. The van der Waals surface area contributed by atoms with E-state index in [1.807, 2.05) is 65.0 Å². The summed E-state index contributed by atoms with van der Waals surface area (Å²) in [5.41, 5.74) is 0.746. The molecule has 1 aromatic heterocycles. The maximum absolute atomic E-state index is 12.4. The molecule has 0 saturated heterocycles. The minimum atomic E-state index is -0.607. The summed E-state index contributed by atoms with van der Waals surface area (Å²) in [5, 5.41) is 3.56. The monoisotopic (exact) mass is 404 g/mol. The number of aromatic nitrogens is 1. The van der Waals surface area contributed by atoms with E-state index < -0.39 is 23.7 Å². The quantitative estimate of drug-likeness (QED) is 0.696. The van der Waals surface area contributed by atoms with E-state index in [0.717, 1.165) is 10.4 Å². The van der Waals surface area contributed by atoms with Crippen molar-refractivity contribution in [2.75, 3.05) is 7.11 Å². The van der Waals surface area contributed by atoms with Gasteiger partial charge in [0, 0.05) is 4.88 Å². The van der Waals surface area contributed by atoms with E-state index in [-0.39, 0.29) is 5.92 Å². The van der Waals surface area contributed by atoms with Crippen molar-refractivity contribution in [2.45, 2.75) is 58.6 Å². The lowest BCUT2D eigenvalue weighted by atomic mass is 10.1. The fraction of sp³-hybridized carbons (Fsp3) is 0.476. The van der Waals surface area contributed by atoms with E-state index in [4.69, 9.17) is 9.47 Å². The Balaban J connectivity index is 2.37. The molecule has 0 aliphatic carbocycles. The summed E-state index contributed by atoms with van der Waals surface area (Å²) >= 11 is 1.42. The number of esters is 1. The van der Waals surface area contributed by atoms with Gasteiger partial charge >= 0.3 is 12.1 Å². The Kier molecular flexibility index (Phi) is 7.18. The summed E-state index contributed by atoms with van der Waals surface area (Å²) in [6.07, 6.45) is 0.0144. The van der Waals surface area contributed by atoms with Gasteiger partial charge in [0.15, 0.2) is 5.69 Å². The molecule has 152 valence electrons. The molecule has 0 aliphatic heterocycles. The van der Waals surface area contributed by atoms with E-state index in [1.54, 1.807) is 0 Å². The smallest absolute Gasteiger partial charge is 0.408 e. The number of benzene rings is 1. The molecule has 1 atom stereocenters. The number of ether oxygens (including phenoxy) is 2. The largest absolute Gasteiger partial charge is 0.464 e. The van der Waals surface area contributed by atoms with Crippen LogP contribution >= 0.6 is 11.3 Å². The van der Waals surface area contributed by atoms with Gasteiger partial charge in [-0.25, -0.2) is 14.6 Å². The summed E-state index contributed by atoms with van der Waals surface area (Å²) in [7, 11) is 1.34. The topological polar surface area (TPSA) is 77.5 Å². The third-order valence-corrected chi connectivity index (χ3v) is 5.31. The van der Waals surface area contributed by atoms with Gasteiger partial charge in [-0.15, -0.1) is 11.3 Å². The van der Waals surface area contributed by atoms with Crippen LogP contribution in [0.5, 0.6) is 0 Å². The Bertz CT molecular complexity index is 810. The van der Waals surface area contributed by atoms with Crippen LogP contribution in [0.3, 0.4) is 0 Å². The lowest BCUT2D eigenvalue weighted by Gasteiger charge is -2.23. The summed E-state index contributed by atoms with van der Waals surface area (Å²) in [5.74, 6) is -0.360. The molecule has 0 radical (unpaired) electrons. The van der Waals surface area contributed by atoms with Gasteiger partial charge in [-0.2, -0.15) is 0 Å². The van der Waals surface area contributed by atoms with Crippen molar-refractivity contribution in [3.63, 3.8) is 0 Å². The second kappa shape index (κ2) is 9.19. The van der Waals surface area contributed by atoms with E-state index in [9.17, 15) is 9.59 Å². The van der Waals surface area contributed by atoms with Crippen LogP contribution in [0.25, 0.3) is 0 Å². The lowest BCUT2D eigenvalue weighted by Crippen LogP contribution is -2.35. The van der Waals surface area contributed by atoms with Gasteiger partial charge < -0.3 is 14.8 Å². The molecule has 1 N–H and O–H groups in total. The van der Waals surface area contributed by atoms with Crippen molar-refractivity contribution in [1.82, 2.24) is 10.3 Å². The van der Waals surface area contributed by atoms with E-state index in [0.29, 0.717) is 17.1 Å². The zero-order valence-corrected chi connectivity index (χ0v) is 18.1. The number of hydrogen-bond donors (Lipinski definition) is 1. The standard InChI is InChI=1S/C21H28N2O4S/c1-13(2)17-16(19(24)26-6)23-18(28-17)15(12-14-10-8-7-9-11-14)22-20(25)27-21(3,4)5/h7-11,13,15H,12H2,1-6H3,(H,22,25)/t15-/m0/s1. The van der Waals surface area contributed by atoms with Crippen molar-refractivity contribution in [3.05, 3.63) is 51.5 Å². The Morgan fingerprint density at radius 3 is 2.36 bits per heavy atom. The first-order valence-corrected chi connectivity index (χ1v) is 10.0. The van der Waals surface area contributed by atoms with Gasteiger partial charge in [-0.3, -0.25) is 0 Å². The molecule has 1 heterocycles. The third-order valence-electron chi connectivity index (χ3n) is 3.84. The van der Waals surface area contributed by atoms with Crippen molar-refractivity contribution in [3.8, 4) is 0 Å². The number of carbonyl (C=O) groups is 2. The lowest BCUT2D eigenvalue weighted by molar-refractivity contribution is 0.0503. The number of rotatable bonds is 6. The number of nitrogens with zero attached hydrogens (tertiary/aromatic N) is 1. The molecular formula is C21H28N2O4S. The number of amides is 1. The predicted molar refractivity (Wildman–Crippen MR) is 110 cm³/mol. The summed E-state index contributed by atoms with van der Waals surface area (Å²) in [6.45, 7) is 9.44. The van der Waals surface area contributed by atoms with Crippen LogP contribution < -0.4 is 5.32 Å². The SMILES string of the molecule is COC(=O)c1nc([C@H](Cc2ccccc2)NC(=O)OC(C)(C)C)sc1C(C)C. The zero-order chi connectivity index (χ0) is 20.9. The second-order valence-electron chi connectivity index (χ2n) is 7.80. The van der Waals surface area contributed by atoms with Crippen molar-refractivity contribution in [1.29, 1.82) is 0 Å². The minimum Gasteiger partial charge on any atom is -0.464 e. The summed E-state index contributed by atoms with van der Waals surface area (Å²) in [6, 6.07) is 9.39. The van der Waals surface area contributed by atoms with Gasteiger partial charge in [-0.05, 0) is 38.7 Å². The maximum atomic E-state index is 12.4. The Hall–Kier alpha value is -2.41. The normalized spacial score (nSPS) is 12.5. The number of hydrogen-bond acceptors (Lipinski definition) is 6. The molecule has 0 fully saturated rings. The average molecular weight is 405 g/mol. The molecule has 1 amide bonds. The molecular weight excluding hydrogens is 376 g/mol. The van der Waals surface area contributed by atoms with Crippen LogP contribution in [-0.4, -0.2) is 29.8 Å². The van der Waals surface area contributed by atoms with Crippen molar-refractivity contribution >= 4 is 23.4 Å². The fourth-order valence-corrected chi connectivity index (χ4v) is 3.74. The molecule has 6 nitrogen and oxygen atoms in total. The molecule has 1 aromatic carbocycles.